The first-order valence-corrected chi connectivity index (χ1v) is 11.9. The molecule has 0 bridgehead atoms. The molecule has 0 fully saturated rings. The molecule has 9 heteroatoms. The van der Waals surface area contributed by atoms with E-state index in [0.717, 1.165) is 36.1 Å². The highest BCUT2D eigenvalue weighted by Crippen LogP contribution is 2.36. The molecule has 1 N–H and O–H groups in total. The number of furan rings is 1. The fraction of sp³-hybridized carbons (Fsp3) is 0.200. The van der Waals surface area contributed by atoms with E-state index >= 15 is 0 Å². The number of quaternary nitrogens is 1. The number of nitrogens with one attached hydrogen (secondary N) is 1. The van der Waals surface area contributed by atoms with Gasteiger partial charge in [-0.3, -0.25) is 9.08 Å². The topological polar surface area (TPSA) is 96.5 Å². The van der Waals surface area contributed by atoms with E-state index in [2.05, 4.69) is 82.9 Å². The fourth-order valence-corrected chi connectivity index (χ4v) is 4.24. The van der Waals surface area contributed by atoms with Gasteiger partial charge in [-0.1, -0.05) is 42.5 Å². The summed E-state index contributed by atoms with van der Waals surface area (Å²) in [6.07, 6.45) is 0.0796. The maximum absolute atomic E-state index is 9.22. The van der Waals surface area contributed by atoms with E-state index in [0.29, 0.717) is 0 Å². The van der Waals surface area contributed by atoms with E-state index in [1.807, 2.05) is 12.1 Å². The average molecular weight is 483 g/mol. The van der Waals surface area contributed by atoms with Gasteiger partial charge in [-0.15, -0.1) is 0 Å². The van der Waals surface area contributed by atoms with Crippen molar-refractivity contribution in [1.82, 2.24) is 0 Å². The Morgan fingerprint density at radius 1 is 1.00 bits per heavy atom. The van der Waals surface area contributed by atoms with Gasteiger partial charge < -0.3 is 18.6 Å². The van der Waals surface area contributed by atoms with E-state index in [4.69, 9.17) is 9.15 Å². The Bertz CT molecular complexity index is 1370. The summed E-state index contributed by atoms with van der Waals surface area (Å²) in [6, 6.07) is 27.4. The van der Waals surface area contributed by atoms with Gasteiger partial charge >= 0.3 is 0 Å². The molecule has 1 aliphatic rings. The molecule has 2 unspecified atom stereocenters. The van der Waals surface area contributed by atoms with Gasteiger partial charge in [0.05, 0.1) is 14.2 Å². The number of nitrogens with zero attached hydrogens (tertiary/aromatic N) is 1. The molecule has 0 amide bonds. The number of anilines is 1. The molecule has 0 saturated heterocycles. The molecule has 3 aromatic carbocycles. The van der Waals surface area contributed by atoms with Crippen molar-refractivity contribution >= 4 is 32.7 Å². The number of para-hydroxylation sites is 2. The maximum atomic E-state index is 9.22. The SMILES string of the molecule is COS(=O)(=O)[O-].COc1ccc2cc(C3N(C)c4ccccc4[NH+]3Cc3ccccc3)oc2c1. The molecule has 178 valence electrons. The van der Waals surface area contributed by atoms with Crippen molar-refractivity contribution in [3.05, 3.63) is 90.2 Å². The van der Waals surface area contributed by atoms with Crippen LogP contribution in [0.4, 0.5) is 11.4 Å². The summed E-state index contributed by atoms with van der Waals surface area (Å²) in [5.41, 5.74) is 4.72. The van der Waals surface area contributed by atoms with Crippen molar-refractivity contribution < 1.29 is 31.2 Å². The number of rotatable bonds is 5. The summed E-state index contributed by atoms with van der Waals surface area (Å²) in [4.78, 5) is 3.69. The van der Waals surface area contributed by atoms with E-state index in [1.54, 1.807) is 7.11 Å². The molecular weight excluding hydrogens is 456 g/mol. The average Bonchev–Trinajstić information content (AvgIpc) is 3.38. The first-order valence-electron chi connectivity index (χ1n) is 10.6. The third-order valence-corrected chi connectivity index (χ3v) is 6.21. The number of methoxy groups -OCH3 is 1. The van der Waals surface area contributed by atoms with Crippen LogP contribution in [0.1, 0.15) is 17.5 Å². The number of benzene rings is 3. The van der Waals surface area contributed by atoms with Crippen molar-refractivity contribution in [2.24, 2.45) is 0 Å². The van der Waals surface area contributed by atoms with Crippen LogP contribution in [0.3, 0.4) is 0 Å². The lowest BCUT2D eigenvalue weighted by Gasteiger charge is -2.24. The summed E-state index contributed by atoms with van der Waals surface area (Å²) in [6.45, 7) is 0.896. The highest BCUT2D eigenvalue weighted by atomic mass is 32.3. The van der Waals surface area contributed by atoms with Crippen LogP contribution in [0, 0.1) is 0 Å². The minimum Gasteiger partial charge on any atom is -0.726 e. The zero-order valence-corrected chi connectivity index (χ0v) is 19.9. The Morgan fingerprint density at radius 2 is 1.68 bits per heavy atom. The van der Waals surface area contributed by atoms with Crippen LogP contribution in [-0.4, -0.2) is 34.2 Å². The van der Waals surface area contributed by atoms with Gasteiger partial charge in [-0.25, -0.2) is 8.42 Å². The third-order valence-electron chi connectivity index (χ3n) is 5.80. The van der Waals surface area contributed by atoms with Gasteiger partial charge in [-0.05, 0) is 24.3 Å². The van der Waals surface area contributed by atoms with Crippen LogP contribution >= 0.6 is 0 Å². The fourth-order valence-electron chi connectivity index (χ4n) is 4.24. The Hall–Kier alpha value is -3.37. The predicted octanol–water partition coefficient (Wildman–Crippen LogP) is 3.40. The van der Waals surface area contributed by atoms with Gasteiger partial charge in [0.2, 0.25) is 16.6 Å². The highest BCUT2D eigenvalue weighted by molar-refractivity contribution is 7.80. The van der Waals surface area contributed by atoms with Crippen LogP contribution in [0.2, 0.25) is 0 Å². The molecule has 0 radical (unpaired) electrons. The minimum absolute atomic E-state index is 0.0796. The van der Waals surface area contributed by atoms with Crippen molar-refractivity contribution in [3.63, 3.8) is 0 Å². The molecule has 8 nitrogen and oxygen atoms in total. The lowest BCUT2D eigenvalue weighted by molar-refractivity contribution is -0.875. The van der Waals surface area contributed by atoms with Crippen LogP contribution in [0.5, 0.6) is 5.75 Å². The zero-order valence-electron chi connectivity index (χ0n) is 19.1. The lowest BCUT2D eigenvalue weighted by atomic mass is 10.2. The number of ether oxygens (including phenoxy) is 1. The van der Waals surface area contributed by atoms with Crippen molar-refractivity contribution in [3.8, 4) is 5.75 Å². The Balaban J connectivity index is 0.000000408. The van der Waals surface area contributed by atoms with Crippen molar-refractivity contribution in [1.29, 1.82) is 0 Å². The Morgan fingerprint density at radius 3 is 2.35 bits per heavy atom. The lowest BCUT2D eigenvalue weighted by Crippen LogP contribution is -3.06. The summed E-state index contributed by atoms with van der Waals surface area (Å²) in [7, 11) is 0.223. The van der Waals surface area contributed by atoms with Crippen LogP contribution in [0.15, 0.2) is 83.3 Å². The van der Waals surface area contributed by atoms with E-state index in [-0.39, 0.29) is 6.17 Å². The first kappa shape index (κ1) is 23.8. The molecule has 2 atom stereocenters. The van der Waals surface area contributed by atoms with Gasteiger partial charge in [-0.2, -0.15) is 0 Å². The molecule has 1 aliphatic heterocycles. The maximum Gasteiger partial charge on any atom is 0.227 e. The van der Waals surface area contributed by atoms with Crippen molar-refractivity contribution in [2.45, 2.75) is 12.7 Å². The summed E-state index contributed by atoms with van der Waals surface area (Å²) < 4.78 is 42.7. The van der Waals surface area contributed by atoms with E-state index in [9.17, 15) is 13.0 Å². The molecule has 0 spiro atoms. The summed E-state index contributed by atoms with van der Waals surface area (Å²) in [5, 5.41) is 1.10. The second kappa shape index (κ2) is 9.86. The summed E-state index contributed by atoms with van der Waals surface area (Å²) >= 11 is 0. The third kappa shape index (κ3) is 5.07. The molecule has 1 aromatic heterocycles. The molecular formula is C25H26N2O6S. The van der Waals surface area contributed by atoms with Crippen LogP contribution in [-0.2, 0) is 21.1 Å². The second-order valence-electron chi connectivity index (χ2n) is 7.85. The second-order valence-corrected chi connectivity index (χ2v) is 9.00. The quantitative estimate of drug-likeness (QED) is 0.344. The van der Waals surface area contributed by atoms with Gasteiger partial charge in [0.15, 0.2) is 11.4 Å². The Kier molecular flexibility index (Phi) is 6.90. The van der Waals surface area contributed by atoms with Gasteiger partial charge in [0, 0.05) is 30.1 Å². The molecule has 5 rings (SSSR count). The Labute approximate surface area is 198 Å². The molecule has 0 aliphatic carbocycles. The molecule has 2 heterocycles. The van der Waals surface area contributed by atoms with E-state index in [1.165, 1.54) is 21.8 Å². The number of fused-ring (bicyclic) bond motifs is 2. The minimum atomic E-state index is -4.41. The van der Waals surface area contributed by atoms with Crippen LogP contribution < -0.4 is 14.5 Å². The van der Waals surface area contributed by atoms with Gasteiger partial charge in [0.1, 0.15) is 23.6 Å². The van der Waals surface area contributed by atoms with Crippen molar-refractivity contribution in [2.75, 3.05) is 26.2 Å². The largest absolute Gasteiger partial charge is 0.726 e. The molecule has 4 aromatic rings. The molecule has 34 heavy (non-hydrogen) atoms. The zero-order chi connectivity index (χ0) is 24.3. The smallest absolute Gasteiger partial charge is 0.227 e. The first-order chi connectivity index (χ1) is 16.3. The van der Waals surface area contributed by atoms with Crippen LogP contribution in [0.25, 0.3) is 11.0 Å². The highest BCUT2D eigenvalue weighted by Gasteiger charge is 2.41. The van der Waals surface area contributed by atoms with Gasteiger partial charge in [0.25, 0.3) is 0 Å². The number of hydrogen-bond acceptors (Lipinski definition) is 7. The monoisotopic (exact) mass is 482 g/mol. The standard InChI is InChI=1S/C24H22N2O2.CH4O4S/c1-25-20-10-6-7-11-21(20)26(16-17-8-4-3-5-9-17)24(25)23-14-18-12-13-19(27-2)15-22(18)28-23;1-5-6(2,3)4/h3-15,24H,16H2,1-2H3;1H3,(H,2,3,4). The summed E-state index contributed by atoms with van der Waals surface area (Å²) in [5.74, 6) is 1.78. The normalized spacial score (nSPS) is 17.2. The molecule has 0 saturated carbocycles. The predicted molar refractivity (Wildman–Crippen MR) is 128 cm³/mol. The van der Waals surface area contributed by atoms with E-state index < -0.39 is 10.4 Å². The number of hydrogen-bond donors (Lipinski definition) is 1.